The number of hydrogen-bond donors (Lipinski definition) is 1. The lowest BCUT2D eigenvalue weighted by molar-refractivity contribution is 0.0974. The monoisotopic (exact) mass is 313 g/mol. The molecule has 0 bridgehead atoms. The number of rotatable bonds is 3. The first-order valence-electron chi connectivity index (χ1n) is 7.67. The number of benzene rings is 1. The van der Waals surface area contributed by atoms with Crippen molar-refractivity contribution in [2.45, 2.75) is 19.8 Å². The second kappa shape index (κ2) is 6.24. The maximum absolute atomic E-state index is 12.8. The van der Waals surface area contributed by atoms with Crippen molar-refractivity contribution in [1.82, 2.24) is 10.2 Å². The number of methoxy groups -OCH3 is 1. The summed E-state index contributed by atoms with van der Waals surface area (Å²) >= 11 is 0. The molecule has 0 saturated carbocycles. The van der Waals surface area contributed by atoms with Crippen LogP contribution in [0.2, 0.25) is 0 Å². The quantitative estimate of drug-likeness (QED) is 0.940. The Labute approximate surface area is 134 Å². The van der Waals surface area contributed by atoms with Crippen LogP contribution in [0.3, 0.4) is 0 Å². The number of amides is 1. The lowest BCUT2D eigenvalue weighted by Gasteiger charge is -2.34. The molecule has 1 atom stereocenters. The molecule has 0 aliphatic carbocycles. The number of carbonyl (C=O) groups excluding carboxylic acids is 1. The van der Waals surface area contributed by atoms with Crippen molar-refractivity contribution in [2.24, 2.45) is 5.92 Å². The number of nitrogens with one attached hydrogen (secondary N) is 1. The molecule has 1 aromatic heterocycles. The van der Waals surface area contributed by atoms with E-state index in [1.54, 1.807) is 12.0 Å². The van der Waals surface area contributed by atoms with Crippen molar-refractivity contribution in [3.63, 3.8) is 0 Å². The minimum atomic E-state index is -0.322. The summed E-state index contributed by atoms with van der Waals surface area (Å²) in [5.74, 6) is 0.974. The molecule has 0 fully saturated rings. The first-order valence-corrected chi connectivity index (χ1v) is 7.67. The number of H-pyrrole nitrogens is 1. The van der Waals surface area contributed by atoms with Gasteiger partial charge in [0.2, 0.25) is 0 Å². The fourth-order valence-electron chi connectivity index (χ4n) is 2.92. The highest BCUT2D eigenvalue weighted by molar-refractivity contribution is 6.05. The highest BCUT2D eigenvalue weighted by Crippen LogP contribution is 2.34. The van der Waals surface area contributed by atoms with Crippen LogP contribution in [0, 0.1) is 5.92 Å². The van der Waals surface area contributed by atoms with Crippen molar-refractivity contribution in [3.8, 4) is 5.75 Å². The Hall–Kier alpha value is -2.63. The van der Waals surface area contributed by atoms with Gasteiger partial charge in [-0.15, -0.1) is 0 Å². The largest absolute Gasteiger partial charge is 0.497 e. The zero-order chi connectivity index (χ0) is 16.4. The molecule has 3 rings (SSSR count). The Morgan fingerprint density at radius 2 is 2.22 bits per heavy atom. The van der Waals surface area contributed by atoms with Crippen LogP contribution in [0.25, 0.3) is 0 Å². The third kappa shape index (κ3) is 2.97. The molecule has 0 radical (unpaired) electrons. The SMILES string of the molecule is CCC1Cc2cc(OC)ccc2N(C(=O)c2ccc(=O)[nH]n2)C1. The molecule has 23 heavy (non-hydrogen) atoms. The molecule has 1 unspecified atom stereocenters. The van der Waals surface area contributed by atoms with E-state index in [0.29, 0.717) is 12.5 Å². The zero-order valence-electron chi connectivity index (χ0n) is 13.2. The van der Waals surface area contributed by atoms with Gasteiger partial charge in [-0.3, -0.25) is 9.59 Å². The van der Waals surface area contributed by atoms with Crippen molar-refractivity contribution in [1.29, 1.82) is 0 Å². The average Bonchev–Trinajstić information content (AvgIpc) is 2.60. The van der Waals surface area contributed by atoms with E-state index < -0.39 is 0 Å². The molecule has 2 aromatic rings. The summed E-state index contributed by atoms with van der Waals surface area (Å²) in [4.78, 5) is 25.7. The molecule has 1 N–H and O–H groups in total. The lowest BCUT2D eigenvalue weighted by atomic mass is 9.90. The first kappa shape index (κ1) is 15.3. The predicted octanol–water partition coefficient (Wildman–Crippen LogP) is 2.01. The Bertz CT molecular complexity index is 764. The highest BCUT2D eigenvalue weighted by Gasteiger charge is 2.29. The van der Waals surface area contributed by atoms with E-state index in [1.807, 2.05) is 18.2 Å². The number of aromatic amines is 1. The van der Waals surface area contributed by atoms with E-state index in [1.165, 1.54) is 12.1 Å². The average molecular weight is 313 g/mol. The van der Waals surface area contributed by atoms with Crippen LogP contribution in [0.1, 0.15) is 29.4 Å². The van der Waals surface area contributed by atoms with Gasteiger partial charge in [0.25, 0.3) is 11.5 Å². The van der Waals surface area contributed by atoms with Gasteiger partial charge in [-0.2, -0.15) is 5.10 Å². The van der Waals surface area contributed by atoms with Crippen LogP contribution in [-0.2, 0) is 6.42 Å². The fourth-order valence-corrected chi connectivity index (χ4v) is 2.92. The van der Waals surface area contributed by atoms with Gasteiger partial charge in [0, 0.05) is 18.3 Å². The molecule has 0 spiro atoms. The van der Waals surface area contributed by atoms with E-state index in [2.05, 4.69) is 17.1 Å². The van der Waals surface area contributed by atoms with Crippen LogP contribution in [0.5, 0.6) is 5.75 Å². The number of anilines is 1. The fraction of sp³-hybridized carbons (Fsp3) is 0.353. The summed E-state index contributed by atoms with van der Waals surface area (Å²) < 4.78 is 5.29. The minimum absolute atomic E-state index is 0.203. The summed E-state index contributed by atoms with van der Waals surface area (Å²) in [5.41, 5.74) is 1.90. The Kier molecular flexibility index (Phi) is 4.14. The summed E-state index contributed by atoms with van der Waals surface area (Å²) in [6.07, 6.45) is 1.91. The van der Waals surface area contributed by atoms with E-state index in [-0.39, 0.29) is 17.2 Å². The molecule has 1 aliphatic rings. The van der Waals surface area contributed by atoms with Crippen molar-refractivity contribution in [3.05, 3.63) is 51.9 Å². The molecule has 6 nitrogen and oxygen atoms in total. The van der Waals surface area contributed by atoms with Gasteiger partial charge in [-0.05, 0) is 42.2 Å². The minimum Gasteiger partial charge on any atom is -0.497 e. The summed E-state index contributed by atoms with van der Waals surface area (Å²) in [7, 11) is 1.63. The molecule has 2 heterocycles. The van der Waals surface area contributed by atoms with Gasteiger partial charge in [-0.25, -0.2) is 5.10 Å². The molecule has 1 aromatic carbocycles. The molecule has 1 aliphatic heterocycles. The zero-order valence-corrected chi connectivity index (χ0v) is 13.2. The van der Waals surface area contributed by atoms with E-state index >= 15 is 0 Å². The topological polar surface area (TPSA) is 75.3 Å². The summed E-state index contributed by atoms with van der Waals surface area (Å²) in [5, 5.41) is 6.17. The standard InChI is InChI=1S/C17H19N3O3/c1-3-11-8-12-9-13(23-2)4-6-15(12)20(10-11)17(22)14-5-7-16(21)19-18-14/h4-7,9,11H,3,8,10H2,1-2H3,(H,19,21). The third-order valence-corrected chi connectivity index (χ3v) is 4.25. The predicted molar refractivity (Wildman–Crippen MR) is 87.0 cm³/mol. The van der Waals surface area contributed by atoms with Gasteiger partial charge >= 0.3 is 0 Å². The second-order valence-electron chi connectivity index (χ2n) is 5.70. The van der Waals surface area contributed by atoms with Gasteiger partial charge in [0.1, 0.15) is 11.4 Å². The molecule has 6 heteroatoms. The van der Waals surface area contributed by atoms with Gasteiger partial charge in [0.15, 0.2) is 0 Å². The van der Waals surface area contributed by atoms with E-state index in [0.717, 1.165) is 29.8 Å². The molecule has 1 amide bonds. The lowest BCUT2D eigenvalue weighted by Crippen LogP contribution is -2.40. The molecular weight excluding hydrogens is 294 g/mol. The van der Waals surface area contributed by atoms with Gasteiger partial charge in [0.05, 0.1) is 7.11 Å². The normalized spacial score (nSPS) is 16.8. The first-order chi connectivity index (χ1) is 11.1. The van der Waals surface area contributed by atoms with E-state index in [4.69, 9.17) is 4.74 Å². The van der Waals surface area contributed by atoms with Crippen LogP contribution in [-0.4, -0.2) is 29.8 Å². The number of hydrogen-bond acceptors (Lipinski definition) is 4. The van der Waals surface area contributed by atoms with Gasteiger partial charge < -0.3 is 9.64 Å². The number of fused-ring (bicyclic) bond motifs is 1. The van der Waals surface area contributed by atoms with E-state index in [9.17, 15) is 9.59 Å². The van der Waals surface area contributed by atoms with Crippen molar-refractivity contribution >= 4 is 11.6 Å². The van der Waals surface area contributed by atoms with Gasteiger partial charge in [-0.1, -0.05) is 13.3 Å². The number of ether oxygens (including phenoxy) is 1. The second-order valence-corrected chi connectivity index (χ2v) is 5.70. The van der Waals surface area contributed by atoms with Crippen LogP contribution in [0.15, 0.2) is 35.1 Å². The Morgan fingerprint density at radius 1 is 1.39 bits per heavy atom. The third-order valence-electron chi connectivity index (χ3n) is 4.25. The van der Waals surface area contributed by atoms with Crippen LogP contribution < -0.4 is 15.2 Å². The van der Waals surface area contributed by atoms with Crippen molar-refractivity contribution in [2.75, 3.05) is 18.6 Å². The summed E-state index contributed by atoms with van der Waals surface area (Å²) in [6, 6.07) is 8.52. The highest BCUT2D eigenvalue weighted by atomic mass is 16.5. The maximum Gasteiger partial charge on any atom is 0.278 e. The van der Waals surface area contributed by atoms with Crippen LogP contribution >= 0.6 is 0 Å². The smallest absolute Gasteiger partial charge is 0.278 e. The maximum atomic E-state index is 12.8. The molecule has 120 valence electrons. The summed E-state index contributed by atoms with van der Waals surface area (Å²) in [6.45, 7) is 2.77. The Morgan fingerprint density at radius 3 is 2.87 bits per heavy atom. The number of carbonyl (C=O) groups is 1. The molecule has 0 saturated heterocycles. The number of aromatic nitrogens is 2. The number of nitrogens with zero attached hydrogens (tertiary/aromatic N) is 2. The molecular formula is C17H19N3O3. The van der Waals surface area contributed by atoms with Crippen LogP contribution in [0.4, 0.5) is 5.69 Å². The van der Waals surface area contributed by atoms with Crippen molar-refractivity contribution < 1.29 is 9.53 Å². The Balaban J connectivity index is 2.00.